The largest absolute Gasteiger partial charge is 0.508 e. The summed E-state index contributed by atoms with van der Waals surface area (Å²) in [4.78, 5) is 0. The highest BCUT2D eigenvalue weighted by molar-refractivity contribution is 5.57. The lowest BCUT2D eigenvalue weighted by molar-refractivity contribution is 0.440. The molecule has 0 bridgehead atoms. The van der Waals surface area contributed by atoms with E-state index in [0.29, 0.717) is 5.56 Å². The van der Waals surface area contributed by atoms with Crippen molar-refractivity contribution < 1.29 is 25.5 Å². The van der Waals surface area contributed by atoms with Crippen LogP contribution >= 0.6 is 0 Å². The number of phenolic OH excluding ortho intramolecular Hbond substituents is 5. The van der Waals surface area contributed by atoms with Crippen molar-refractivity contribution in [2.75, 3.05) is 0 Å². The van der Waals surface area contributed by atoms with Gasteiger partial charge in [-0.25, -0.2) is 0 Å². The van der Waals surface area contributed by atoms with Crippen LogP contribution in [-0.2, 0) is 0 Å². The molecule has 3 aromatic carbocycles. The van der Waals surface area contributed by atoms with Crippen molar-refractivity contribution in [1.82, 2.24) is 0 Å². The van der Waals surface area contributed by atoms with E-state index in [1.165, 1.54) is 42.5 Å². The average Bonchev–Trinajstić information content (AvgIpc) is 2.56. The molecule has 5 heteroatoms. The van der Waals surface area contributed by atoms with Crippen molar-refractivity contribution >= 4 is 0 Å². The van der Waals surface area contributed by atoms with Crippen LogP contribution in [0, 0.1) is 0 Å². The van der Waals surface area contributed by atoms with Gasteiger partial charge in [0.1, 0.15) is 28.7 Å². The summed E-state index contributed by atoms with van der Waals surface area (Å²) >= 11 is 0. The normalized spacial score (nSPS) is 10.9. The summed E-state index contributed by atoms with van der Waals surface area (Å²) in [6, 6.07) is 14.5. The van der Waals surface area contributed by atoms with Crippen LogP contribution in [0.4, 0.5) is 0 Å². The lowest BCUT2D eigenvalue weighted by atomic mass is 9.83. The Morgan fingerprint density at radius 3 is 1.46 bits per heavy atom. The fourth-order valence-electron chi connectivity index (χ4n) is 2.78. The lowest BCUT2D eigenvalue weighted by Crippen LogP contribution is -2.04. The Bertz CT molecular complexity index is 837. The zero-order valence-electron chi connectivity index (χ0n) is 12.6. The molecular weight excluding hydrogens is 308 g/mol. The van der Waals surface area contributed by atoms with E-state index in [1.54, 1.807) is 18.2 Å². The SMILES string of the molecule is Oc1ccc(O)c(C(c2ccccc2O)c2cc(O)ccc2O)c1. The van der Waals surface area contributed by atoms with Crippen LogP contribution in [0.5, 0.6) is 28.7 Å². The molecule has 3 rings (SSSR count). The number of aromatic hydroxyl groups is 5. The number of benzene rings is 3. The van der Waals surface area contributed by atoms with Gasteiger partial charge < -0.3 is 25.5 Å². The Hall–Kier alpha value is -3.34. The summed E-state index contributed by atoms with van der Waals surface area (Å²) in [7, 11) is 0. The van der Waals surface area contributed by atoms with Crippen LogP contribution in [0.15, 0.2) is 60.7 Å². The second-order valence-electron chi connectivity index (χ2n) is 5.48. The predicted octanol–water partition coefficient (Wildman–Crippen LogP) is 3.39. The number of hydrogen-bond acceptors (Lipinski definition) is 5. The Balaban J connectivity index is 2.31. The van der Waals surface area contributed by atoms with Crippen LogP contribution in [0.25, 0.3) is 0 Å². The minimum atomic E-state index is -0.787. The first-order chi connectivity index (χ1) is 11.5. The molecule has 0 aromatic heterocycles. The maximum absolute atomic E-state index is 10.2. The number of hydrogen-bond donors (Lipinski definition) is 5. The van der Waals surface area contributed by atoms with E-state index >= 15 is 0 Å². The summed E-state index contributed by atoms with van der Waals surface area (Å²) < 4.78 is 0. The summed E-state index contributed by atoms with van der Waals surface area (Å²) in [5.41, 5.74) is 0.995. The van der Waals surface area contributed by atoms with Gasteiger partial charge in [-0.15, -0.1) is 0 Å². The van der Waals surface area contributed by atoms with Gasteiger partial charge in [0, 0.05) is 22.6 Å². The molecule has 0 spiro atoms. The van der Waals surface area contributed by atoms with Gasteiger partial charge in [-0.2, -0.15) is 0 Å². The number of phenols is 5. The summed E-state index contributed by atoms with van der Waals surface area (Å²) in [6.07, 6.45) is 0. The molecule has 0 fully saturated rings. The number of para-hydroxylation sites is 1. The van der Waals surface area contributed by atoms with Crippen molar-refractivity contribution in [3.05, 3.63) is 77.4 Å². The minimum absolute atomic E-state index is 0.0343. The van der Waals surface area contributed by atoms with E-state index in [9.17, 15) is 25.5 Å². The lowest BCUT2D eigenvalue weighted by Gasteiger charge is -2.22. The van der Waals surface area contributed by atoms with E-state index in [4.69, 9.17) is 0 Å². The summed E-state index contributed by atoms with van der Waals surface area (Å²) in [6.45, 7) is 0. The van der Waals surface area contributed by atoms with E-state index in [2.05, 4.69) is 0 Å². The molecule has 0 unspecified atom stereocenters. The maximum Gasteiger partial charge on any atom is 0.120 e. The summed E-state index contributed by atoms with van der Waals surface area (Å²) in [5, 5.41) is 50.3. The molecule has 0 saturated carbocycles. The van der Waals surface area contributed by atoms with Gasteiger partial charge in [-0.3, -0.25) is 0 Å². The third-order valence-corrected chi connectivity index (χ3v) is 3.89. The van der Waals surface area contributed by atoms with E-state index in [-0.39, 0.29) is 39.9 Å². The van der Waals surface area contributed by atoms with E-state index in [1.807, 2.05) is 0 Å². The van der Waals surface area contributed by atoms with Crippen LogP contribution in [0.1, 0.15) is 22.6 Å². The molecule has 0 heterocycles. The molecule has 3 aromatic rings. The van der Waals surface area contributed by atoms with Gasteiger partial charge in [0.15, 0.2) is 0 Å². The highest BCUT2D eigenvalue weighted by Crippen LogP contribution is 2.44. The fraction of sp³-hybridized carbons (Fsp3) is 0.0526. The zero-order valence-corrected chi connectivity index (χ0v) is 12.6. The molecule has 5 N–H and O–H groups in total. The first-order valence-corrected chi connectivity index (χ1v) is 7.29. The van der Waals surface area contributed by atoms with Gasteiger partial charge in [-0.05, 0) is 42.5 Å². The van der Waals surface area contributed by atoms with Crippen LogP contribution in [-0.4, -0.2) is 25.5 Å². The molecule has 5 nitrogen and oxygen atoms in total. The average molecular weight is 324 g/mol. The predicted molar refractivity (Wildman–Crippen MR) is 88.6 cm³/mol. The van der Waals surface area contributed by atoms with Gasteiger partial charge in [-0.1, -0.05) is 18.2 Å². The Labute approximate surface area is 138 Å². The van der Waals surface area contributed by atoms with Gasteiger partial charge in [0.2, 0.25) is 0 Å². The van der Waals surface area contributed by atoms with Crippen molar-refractivity contribution in [2.24, 2.45) is 0 Å². The van der Waals surface area contributed by atoms with E-state index in [0.717, 1.165) is 0 Å². The minimum Gasteiger partial charge on any atom is -0.508 e. The first-order valence-electron chi connectivity index (χ1n) is 7.29. The van der Waals surface area contributed by atoms with Crippen molar-refractivity contribution in [2.45, 2.75) is 5.92 Å². The van der Waals surface area contributed by atoms with Gasteiger partial charge >= 0.3 is 0 Å². The Morgan fingerprint density at radius 2 is 0.958 bits per heavy atom. The quantitative estimate of drug-likeness (QED) is 0.375. The standard InChI is InChI=1S/C19H16O5/c20-11-5-7-17(23)14(9-11)19(13-3-1-2-4-16(13)22)15-10-12(21)6-8-18(15)24/h1-10,19-24H. The molecule has 0 saturated heterocycles. The molecule has 24 heavy (non-hydrogen) atoms. The second kappa shape index (κ2) is 6.04. The van der Waals surface area contributed by atoms with Crippen molar-refractivity contribution in [1.29, 1.82) is 0 Å². The Kier molecular flexibility index (Phi) is 3.92. The molecule has 0 aliphatic carbocycles. The topological polar surface area (TPSA) is 101 Å². The highest BCUT2D eigenvalue weighted by atomic mass is 16.3. The molecule has 0 aliphatic rings. The highest BCUT2D eigenvalue weighted by Gasteiger charge is 2.26. The molecule has 0 aliphatic heterocycles. The van der Waals surface area contributed by atoms with Crippen molar-refractivity contribution in [3.8, 4) is 28.7 Å². The van der Waals surface area contributed by atoms with Crippen molar-refractivity contribution in [3.63, 3.8) is 0 Å². The monoisotopic (exact) mass is 324 g/mol. The third kappa shape index (κ3) is 2.79. The Morgan fingerprint density at radius 1 is 0.500 bits per heavy atom. The third-order valence-electron chi connectivity index (χ3n) is 3.89. The zero-order chi connectivity index (χ0) is 17.3. The molecular formula is C19H16O5. The van der Waals surface area contributed by atoms with E-state index < -0.39 is 5.92 Å². The maximum atomic E-state index is 10.2. The molecule has 0 atom stereocenters. The fourth-order valence-corrected chi connectivity index (χ4v) is 2.78. The second-order valence-corrected chi connectivity index (χ2v) is 5.48. The number of rotatable bonds is 3. The smallest absolute Gasteiger partial charge is 0.120 e. The summed E-state index contributed by atoms with van der Waals surface area (Å²) in [5.74, 6) is -1.17. The van der Waals surface area contributed by atoms with Crippen LogP contribution < -0.4 is 0 Å². The van der Waals surface area contributed by atoms with Gasteiger partial charge in [0.25, 0.3) is 0 Å². The molecule has 122 valence electrons. The molecule has 0 amide bonds. The first kappa shape index (κ1) is 15.6. The van der Waals surface area contributed by atoms with Crippen LogP contribution in [0.2, 0.25) is 0 Å². The van der Waals surface area contributed by atoms with Gasteiger partial charge in [0.05, 0.1) is 0 Å². The van der Waals surface area contributed by atoms with Crippen LogP contribution in [0.3, 0.4) is 0 Å². The molecule has 0 radical (unpaired) electrons.